The summed E-state index contributed by atoms with van der Waals surface area (Å²) in [6.07, 6.45) is 6.31. The molecule has 2 aliphatic rings. The van der Waals surface area contributed by atoms with E-state index in [9.17, 15) is 8.42 Å². The third-order valence-electron chi connectivity index (χ3n) is 5.31. The predicted molar refractivity (Wildman–Crippen MR) is 98.6 cm³/mol. The normalized spacial score (nSPS) is 25.1. The van der Waals surface area contributed by atoms with Gasteiger partial charge in [0.25, 0.3) is 0 Å². The Labute approximate surface area is 144 Å². The lowest BCUT2D eigenvalue weighted by Crippen LogP contribution is -2.39. The number of sulfone groups is 1. The van der Waals surface area contributed by atoms with Gasteiger partial charge < -0.3 is 0 Å². The molecule has 2 aromatic carbocycles. The number of rotatable bonds is 3. The van der Waals surface area contributed by atoms with Gasteiger partial charge in [0.1, 0.15) is 0 Å². The summed E-state index contributed by atoms with van der Waals surface area (Å²) < 4.78 is 24.7. The Morgan fingerprint density at radius 3 is 2.29 bits per heavy atom. The van der Waals surface area contributed by atoms with E-state index in [1.165, 1.54) is 22.3 Å². The van der Waals surface area contributed by atoms with Crippen molar-refractivity contribution in [3.05, 3.63) is 71.8 Å². The Morgan fingerprint density at radius 1 is 0.875 bits per heavy atom. The lowest BCUT2D eigenvalue weighted by molar-refractivity contribution is 0.507. The highest BCUT2D eigenvalue weighted by Crippen LogP contribution is 2.36. The van der Waals surface area contributed by atoms with Crippen LogP contribution >= 0.6 is 0 Å². The van der Waals surface area contributed by atoms with Gasteiger partial charge >= 0.3 is 0 Å². The molecule has 0 N–H and O–H groups in total. The van der Waals surface area contributed by atoms with Crippen LogP contribution in [0.15, 0.2) is 66.2 Å². The molecule has 2 atom stereocenters. The number of hydrogen-bond donors (Lipinski definition) is 0. The fourth-order valence-electron chi connectivity index (χ4n) is 3.98. The minimum Gasteiger partial charge on any atom is -0.228 e. The van der Waals surface area contributed by atoms with Crippen molar-refractivity contribution in [1.82, 2.24) is 0 Å². The number of benzene rings is 2. The van der Waals surface area contributed by atoms with Crippen LogP contribution in [0.4, 0.5) is 0 Å². The fraction of sp³-hybridized carbons (Fsp3) is 0.333. The Kier molecular flexibility index (Phi) is 4.05. The molecule has 124 valence electrons. The van der Waals surface area contributed by atoms with Crippen molar-refractivity contribution in [2.24, 2.45) is 0 Å². The van der Waals surface area contributed by atoms with Gasteiger partial charge in [0, 0.05) is 0 Å². The molecule has 1 fully saturated rings. The first kappa shape index (κ1) is 15.6. The van der Waals surface area contributed by atoms with Crippen LogP contribution in [0.2, 0.25) is 0 Å². The maximum Gasteiger partial charge on any atom is 0.159 e. The highest BCUT2D eigenvalue weighted by molar-refractivity contribution is 7.92. The van der Waals surface area contributed by atoms with Crippen molar-refractivity contribution in [2.75, 3.05) is 0 Å². The molecular formula is C21H22O2S. The summed E-state index contributed by atoms with van der Waals surface area (Å²) in [4.78, 5) is 0. The first-order chi connectivity index (χ1) is 11.6. The highest BCUT2D eigenvalue weighted by Gasteiger charge is 2.39. The monoisotopic (exact) mass is 338 g/mol. The van der Waals surface area contributed by atoms with E-state index in [4.69, 9.17) is 0 Å². The van der Waals surface area contributed by atoms with E-state index < -0.39 is 9.84 Å². The van der Waals surface area contributed by atoms with Crippen LogP contribution in [0.1, 0.15) is 31.2 Å². The van der Waals surface area contributed by atoms with Gasteiger partial charge in [-0.1, -0.05) is 72.7 Å². The largest absolute Gasteiger partial charge is 0.228 e. The van der Waals surface area contributed by atoms with Crippen LogP contribution < -0.4 is 0 Å². The zero-order valence-electron chi connectivity index (χ0n) is 13.7. The van der Waals surface area contributed by atoms with Crippen molar-refractivity contribution in [3.8, 4) is 11.1 Å². The third kappa shape index (κ3) is 2.93. The van der Waals surface area contributed by atoms with Gasteiger partial charge in [0.15, 0.2) is 9.84 Å². The van der Waals surface area contributed by atoms with Crippen LogP contribution in [-0.2, 0) is 16.3 Å². The first-order valence-electron chi connectivity index (χ1n) is 8.69. The van der Waals surface area contributed by atoms with Crippen LogP contribution in [0.5, 0.6) is 0 Å². The van der Waals surface area contributed by atoms with Crippen LogP contribution in [0.3, 0.4) is 0 Å². The molecule has 2 heterocycles. The molecule has 1 saturated heterocycles. The molecule has 2 nitrogen and oxygen atoms in total. The molecular weight excluding hydrogens is 316 g/mol. The molecule has 0 saturated carbocycles. The molecule has 0 aromatic heterocycles. The summed E-state index contributed by atoms with van der Waals surface area (Å²) in [5.74, 6) is 0. The van der Waals surface area contributed by atoms with E-state index in [0.29, 0.717) is 0 Å². The Hall–Kier alpha value is -1.87. The van der Waals surface area contributed by atoms with Crippen LogP contribution in [0, 0.1) is 0 Å². The fourth-order valence-corrected chi connectivity index (χ4v) is 6.29. The summed E-state index contributed by atoms with van der Waals surface area (Å²) in [5, 5.41) is -0.372. The van der Waals surface area contributed by atoms with E-state index in [1.807, 2.05) is 12.1 Å². The second-order valence-electron chi connectivity index (χ2n) is 6.95. The van der Waals surface area contributed by atoms with E-state index in [0.717, 1.165) is 32.1 Å². The SMILES string of the molecule is O=S1(=O)C2C=C(Cc3ccc(-c4ccccc4)cc3)CC1CCC2. The molecule has 2 aromatic rings. The molecule has 2 unspecified atom stereocenters. The molecule has 3 heteroatoms. The van der Waals surface area contributed by atoms with E-state index in [1.54, 1.807) is 0 Å². The van der Waals surface area contributed by atoms with Crippen molar-refractivity contribution in [3.63, 3.8) is 0 Å². The van der Waals surface area contributed by atoms with Crippen molar-refractivity contribution < 1.29 is 8.42 Å². The summed E-state index contributed by atoms with van der Waals surface area (Å²) in [5.41, 5.74) is 5.00. The number of fused-ring (bicyclic) bond motifs is 2. The van der Waals surface area contributed by atoms with Crippen molar-refractivity contribution in [1.29, 1.82) is 0 Å². The summed E-state index contributed by atoms with van der Waals surface area (Å²) in [6.45, 7) is 0. The quantitative estimate of drug-likeness (QED) is 0.769. The van der Waals surface area contributed by atoms with Gasteiger partial charge in [-0.2, -0.15) is 0 Å². The topological polar surface area (TPSA) is 34.1 Å². The van der Waals surface area contributed by atoms with Crippen LogP contribution in [-0.4, -0.2) is 18.9 Å². The van der Waals surface area contributed by atoms with Gasteiger partial charge in [0.2, 0.25) is 0 Å². The van der Waals surface area contributed by atoms with Gasteiger partial charge in [0.05, 0.1) is 10.5 Å². The zero-order chi connectivity index (χ0) is 16.6. The second-order valence-corrected chi connectivity index (χ2v) is 9.40. The predicted octanol–water partition coefficient (Wildman–Crippen LogP) is 4.56. The second kappa shape index (κ2) is 6.21. The molecule has 0 spiro atoms. The van der Waals surface area contributed by atoms with Crippen LogP contribution in [0.25, 0.3) is 11.1 Å². The van der Waals surface area contributed by atoms with Crippen molar-refractivity contribution >= 4 is 9.84 Å². The highest BCUT2D eigenvalue weighted by atomic mass is 32.2. The minimum atomic E-state index is -2.91. The lowest BCUT2D eigenvalue weighted by Gasteiger charge is -2.33. The van der Waals surface area contributed by atoms with E-state index in [-0.39, 0.29) is 10.5 Å². The third-order valence-corrected chi connectivity index (χ3v) is 7.85. The standard InChI is InChI=1S/C21H22O2S/c22-24(23)20-7-4-8-21(24)15-17(14-20)13-16-9-11-19(12-10-16)18-5-2-1-3-6-18/h1-3,5-6,9-12,14,20-21H,4,7-8,13,15H2. The Morgan fingerprint density at radius 2 is 1.58 bits per heavy atom. The maximum atomic E-state index is 12.4. The summed E-state index contributed by atoms with van der Waals surface area (Å²) in [7, 11) is -2.91. The average Bonchev–Trinajstić information content (AvgIpc) is 2.57. The van der Waals surface area contributed by atoms with Gasteiger partial charge in [-0.25, -0.2) is 8.42 Å². The summed E-state index contributed by atoms with van der Waals surface area (Å²) >= 11 is 0. The average molecular weight is 338 g/mol. The lowest BCUT2D eigenvalue weighted by atomic mass is 9.93. The summed E-state index contributed by atoms with van der Waals surface area (Å²) in [6, 6.07) is 19.0. The van der Waals surface area contributed by atoms with Gasteiger partial charge in [-0.15, -0.1) is 0 Å². The van der Waals surface area contributed by atoms with Gasteiger partial charge in [-0.3, -0.25) is 0 Å². The minimum absolute atomic E-state index is 0.139. The molecule has 0 aliphatic carbocycles. The Bertz CT molecular complexity index is 848. The van der Waals surface area contributed by atoms with E-state index in [2.05, 4.69) is 48.5 Å². The zero-order valence-corrected chi connectivity index (χ0v) is 14.5. The molecule has 2 bridgehead atoms. The maximum absolute atomic E-state index is 12.4. The number of allylic oxidation sites excluding steroid dienone is 1. The first-order valence-corrected chi connectivity index (χ1v) is 10.3. The van der Waals surface area contributed by atoms with E-state index >= 15 is 0 Å². The molecule has 4 rings (SSSR count). The number of hydrogen-bond acceptors (Lipinski definition) is 2. The Balaban J connectivity index is 1.53. The molecule has 2 aliphatic heterocycles. The molecule has 0 radical (unpaired) electrons. The van der Waals surface area contributed by atoms with Crippen molar-refractivity contribution in [2.45, 2.75) is 42.6 Å². The molecule has 24 heavy (non-hydrogen) atoms. The van der Waals surface area contributed by atoms with Gasteiger partial charge in [-0.05, 0) is 42.4 Å². The molecule has 0 amide bonds. The smallest absolute Gasteiger partial charge is 0.159 e.